The number of rotatable bonds is 8. The fraction of sp³-hybridized carbons (Fsp3) is 0.765. The van der Waals surface area contributed by atoms with E-state index < -0.39 is 5.92 Å². The average Bonchev–Trinajstić information content (AvgIpc) is 3.01. The lowest BCUT2D eigenvalue weighted by Crippen LogP contribution is -2.36. The molecule has 2 heterocycles. The van der Waals surface area contributed by atoms with Gasteiger partial charge in [0.25, 0.3) is 5.88 Å². The monoisotopic (exact) mass is 340 g/mol. The lowest BCUT2D eigenvalue weighted by atomic mass is 9.93. The molecule has 7 nitrogen and oxygen atoms in total. The summed E-state index contributed by atoms with van der Waals surface area (Å²) in [6, 6.07) is 1.67. The zero-order chi connectivity index (χ0) is 17.5. The van der Waals surface area contributed by atoms with E-state index in [2.05, 4.69) is 10.1 Å². The third-order valence-corrected chi connectivity index (χ3v) is 4.36. The number of piperidine rings is 1. The SMILES string of the molecule is COC(=O)C(c1cc(OCCCN2CCC(O)CC2)no1)C(C)C. The molecule has 0 bridgehead atoms. The van der Waals surface area contributed by atoms with E-state index in [4.69, 9.17) is 14.0 Å². The number of aliphatic hydroxyl groups excluding tert-OH is 1. The molecule has 1 unspecified atom stereocenters. The van der Waals surface area contributed by atoms with Gasteiger partial charge in [-0.1, -0.05) is 13.8 Å². The fourth-order valence-electron chi connectivity index (χ4n) is 2.94. The fourth-order valence-corrected chi connectivity index (χ4v) is 2.94. The first kappa shape index (κ1) is 18.7. The molecule has 1 aliphatic rings. The molecule has 1 N–H and O–H groups in total. The summed E-state index contributed by atoms with van der Waals surface area (Å²) in [5, 5.41) is 13.4. The molecule has 24 heavy (non-hydrogen) atoms. The van der Waals surface area contributed by atoms with Crippen LogP contribution in [0.15, 0.2) is 10.6 Å². The number of nitrogens with zero attached hydrogens (tertiary/aromatic N) is 2. The van der Waals surface area contributed by atoms with Crippen molar-refractivity contribution in [3.8, 4) is 5.88 Å². The van der Waals surface area contributed by atoms with Gasteiger partial charge in [-0.2, -0.15) is 0 Å². The molecule has 1 atom stereocenters. The van der Waals surface area contributed by atoms with E-state index in [9.17, 15) is 9.90 Å². The molecule has 0 aliphatic carbocycles. The second-order valence-electron chi connectivity index (χ2n) is 6.59. The zero-order valence-electron chi connectivity index (χ0n) is 14.7. The Morgan fingerprint density at radius 3 is 2.79 bits per heavy atom. The average molecular weight is 340 g/mol. The highest BCUT2D eigenvalue weighted by molar-refractivity contribution is 5.77. The quantitative estimate of drug-likeness (QED) is 0.570. The number of hydrogen-bond acceptors (Lipinski definition) is 7. The van der Waals surface area contributed by atoms with Crippen molar-refractivity contribution >= 4 is 5.97 Å². The molecule has 0 saturated carbocycles. The lowest BCUT2D eigenvalue weighted by molar-refractivity contribution is -0.144. The first-order valence-corrected chi connectivity index (χ1v) is 8.59. The van der Waals surface area contributed by atoms with Crippen molar-refractivity contribution < 1.29 is 23.9 Å². The Kier molecular flexibility index (Phi) is 7.05. The summed E-state index contributed by atoms with van der Waals surface area (Å²) in [6.45, 7) is 7.21. The van der Waals surface area contributed by atoms with Crippen molar-refractivity contribution in [3.63, 3.8) is 0 Å². The molecular weight excluding hydrogens is 312 g/mol. The molecule has 1 fully saturated rings. The van der Waals surface area contributed by atoms with E-state index in [0.717, 1.165) is 38.9 Å². The number of hydrogen-bond donors (Lipinski definition) is 1. The summed E-state index contributed by atoms with van der Waals surface area (Å²) in [5.74, 6) is 0.109. The first-order valence-electron chi connectivity index (χ1n) is 8.59. The standard InChI is InChI=1S/C17H28N2O5/c1-12(2)16(17(21)22-3)14-11-15(18-24-14)23-10-4-7-19-8-5-13(20)6-9-19/h11-13,16,20H,4-10H2,1-3H3. The minimum absolute atomic E-state index is 0.0488. The van der Waals surface area contributed by atoms with Crippen LogP contribution >= 0.6 is 0 Å². The highest BCUT2D eigenvalue weighted by Gasteiger charge is 2.29. The number of aromatic nitrogens is 1. The third kappa shape index (κ3) is 5.21. The van der Waals surface area contributed by atoms with E-state index in [-0.39, 0.29) is 18.0 Å². The van der Waals surface area contributed by atoms with E-state index in [1.54, 1.807) is 6.07 Å². The van der Waals surface area contributed by atoms with Gasteiger partial charge >= 0.3 is 5.97 Å². The van der Waals surface area contributed by atoms with Gasteiger partial charge in [-0.25, -0.2) is 0 Å². The van der Waals surface area contributed by atoms with Gasteiger partial charge in [0.2, 0.25) is 0 Å². The summed E-state index contributed by atoms with van der Waals surface area (Å²) in [5.41, 5.74) is 0. The molecule has 7 heteroatoms. The zero-order valence-corrected chi connectivity index (χ0v) is 14.7. The van der Waals surface area contributed by atoms with Crippen LogP contribution in [-0.4, -0.2) is 60.6 Å². The van der Waals surface area contributed by atoms with Crippen LogP contribution in [0.25, 0.3) is 0 Å². The Hall–Kier alpha value is -1.60. The van der Waals surface area contributed by atoms with Crippen LogP contribution in [0.1, 0.15) is 44.8 Å². The number of methoxy groups -OCH3 is 1. The third-order valence-electron chi connectivity index (χ3n) is 4.36. The maximum Gasteiger partial charge on any atom is 0.316 e. The topological polar surface area (TPSA) is 85.0 Å². The smallest absolute Gasteiger partial charge is 0.316 e. The van der Waals surface area contributed by atoms with Gasteiger partial charge in [-0.3, -0.25) is 4.79 Å². The van der Waals surface area contributed by atoms with Crippen molar-refractivity contribution in [3.05, 3.63) is 11.8 Å². The number of ether oxygens (including phenoxy) is 2. The molecule has 0 amide bonds. The van der Waals surface area contributed by atoms with Crippen LogP contribution in [0.4, 0.5) is 0 Å². The summed E-state index contributed by atoms with van der Waals surface area (Å²) < 4.78 is 15.7. The number of carbonyl (C=O) groups excluding carboxylic acids is 1. The van der Waals surface area contributed by atoms with Gasteiger partial charge < -0.3 is 24.0 Å². The van der Waals surface area contributed by atoms with Crippen LogP contribution < -0.4 is 4.74 Å². The van der Waals surface area contributed by atoms with Gasteiger partial charge in [-0.15, -0.1) is 0 Å². The van der Waals surface area contributed by atoms with Crippen molar-refractivity contribution in [2.45, 2.75) is 45.1 Å². The van der Waals surface area contributed by atoms with E-state index >= 15 is 0 Å². The molecule has 2 rings (SSSR count). The number of carbonyl (C=O) groups is 1. The Balaban J connectivity index is 1.76. The second kappa shape index (κ2) is 9.03. The maximum absolute atomic E-state index is 11.8. The highest BCUT2D eigenvalue weighted by atomic mass is 16.5. The predicted octanol–water partition coefficient (Wildman–Crippen LogP) is 1.81. The summed E-state index contributed by atoms with van der Waals surface area (Å²) in [6.07, 6.45) is 2.42. The molecule has 1 aromatic rings. The van der Waals surface area contributed by atoms with Gasteiger partial charge in [0.1, 0.15) is 5.92 Å². The minimum Gasteiger partial charge on any atom is -0.475 e. The van der Waals surface area contributed by atoms with Crippen molar-refractivity contribution in [2.24, 2.45) is 5.92 Å². The Morgan fingerprint density at radius 2 is 2.17 bits per heavy atom. The largest absolute Gasteiger partial charge is 0.475 e. The maximum atomic E-state index is 11.8. The van der Waals surface area contributed by atoms with Crippen molar-refractivity contribution in [1.29, 1.82) is 0 Å². The van der Waals surface area contributed by atoms with Crippen molar-refractivity contribution in [2.75, 3.05) is 33.4 Å². The van der Waals surface area contributed by atoms with Crippen molar-refractivity contribution in [1.82, 2.24) is 10.1 Å². The van der Waals surface area contributed by atoms with Crippen LogP contribution in [0.5, 0.6) is 5.88 Å². The molecule has 0 spiro atoms. The van der Waals surface area contributed by atoms with E-state index in [1.165, 1.54) is 7.11 Å². The van der Waals surface area contributed by atoms with Gasteiger partial charge in [-0.05, 0) is 30.3 Å². The normalized spacial score (nSPS) is 17.9. The first-order chi connectivity index (χ1) is 11.5. The number of esters is 1. The summed E-state index contributed by atoms with van der Waals surface area (Å²) >= 11 is 0. The summed E-state index contributed by atoms with van der Waals surface area (Å²) in [7, 11) is 1.37. The van der Waals surface area contributed by atoms with Gasteiger partial charge in [0.15, 0.2) is 5.76 Å². The van der Waals surface area contributed by atoms with E-state index in [0.29, 0.717) is 18.2 Å². The molecule has 0 aromatic carbocycles. The Labute approximate surface area is 142 Å². The Morgan fingerprint density at radius 1 is 1.46 bits per heavy atom. The van der Waals surface area contributed by atoms with Crippen LogP contribution in [-0.2, 0) is 9.53 Å². The molecule has 136 valence electrons. The molecule has 1 saturated heterocycles. The van der Waals surface area contributed by atoms with Gasteiger partial charge in [0.05, 0.1) is 19.8 Å². The molecule has 1 aliphatic heterocycles. The molecular formula is C17H28N2O5. The van der Waals surface area contributed by atoms with Crippen LogP contribution in [0, 0.1) is 5.92 Å². The molecule has 0 radical (unpaired) electrons. The predicted molar refractivity (Wildman–Crippen MR) is 87.9 cm³/mol. The molecule has 1 aromatic heterocycles. The van der Waals surface area contributed by atoms with E-state index in [1.807, 2.05) is 13.8 Å². The summed E-state index contributed by atoms with van der Waals surface area (Å²) in [4.78, 5) is 14.2. The highest BCUT2D eigenvalue weighted by Crippen LogP contribution is 2.28. The second-order valence-corrected chi connectivity index (χ2v) is 6.59. The number of likely N-dealkylation sites (tertiary alicyclic amines) is 1. The lowest BCUT2D eigenvalue weighted by Gasteiger charge is -2.29. The van der Waals surface area contributed by atoms with Crippen LogP contribution in [0.3, 0.4) is 0 Å². The minimum atomic E-state index is -0.473. The van der Waals surface area contributed by atoms with Gasteiger partial charge in [0, 0.05) is 25.7 Å². The Bertz CT molecular complexity index is 509. The number of aliphatic hydroxyl groups is 1. The van der Waals surface area contributed by atoms with Crippen LogP contribution in [0.2, 0.25) is 0 Å².